The number of halogens is 2. The van der Waals surface area contributed by atoms with Crippen molar-refractivity contribution in [2.45, 2.75) is 33.4 Å². The molecule has 0 saturated carbocycles. The van der Waals surface area contributed by atoms with E-state index in [2.05, 4.69) is 45.2 Å². The van der Waals surface area contributed by atoms with Crippen LogP contribution in [0.2, 0.25) is 13.1 Å². The third kappa shape index (κ3) is 10.9. The summed E-state index contributed by atoms with van der Waals surface area (Å²) in [7, 11) is -0.839. The van der Waals surface area contributed by atoms with E-state index in [1.807, 2.05) is 0 Å². The summed E-state index contributed by atoms with van der Waals surface area (Å²) in [6.45, 7) is 9.74. The molecule has 0 aliphatic heterocycles. The summed E-state index contributed by atoms with van der Waals surface area (Å²) >= 11 is 0. The molecule has 0 aromatic carbocycles. The van der Waals surface area contributed by atoms with Gasteiger partial charge in [0, 0.05) is 0 Å². The molecular formula is C15H34Cl2CrPSi. The molecule has 0 aromatic rings. The molecular weight excluding hydrogens is 362 g/mol. The molecule has 1 aliphatic rings. The largest absolute Gasteiger partial charge is 5.00 e. The Labute approximate surface area is 155 Å². The zero-order valence-electron chi connectivity index (χ0n) is 14.4. The normalized spacial score (nSPS) is 10.9. The zero-order chi connectivity index (χ0) is 9.90. The van der Waals surface area contributed by atoms with Crippen molar-refractivity contribution in [2.75, 3.05) is 12.3 Å². The summed E-state index contributed by atoms with van der Waals surface area (Å²) in [5.41, 5.74) is 0. The van der Waals surface area contributed by atoms with Gasteiger partial charge in [0.25, 0.3) is 0 Å². The average Bonchev–Trinajstić information content (AvgIpc) is 2.58. The second-order valence-corrected chi connectivity index (χ2v) is 15.2. The molecule has 1 radical (unpaired) electrons. The molecule has 0 bridgehead atoms. The zero-order valence-corrected chi connectivity index (χ0v) is 19.3. The molecule has 20 heavy (non-hydrogen) atoms. The van der Waals surface area contributed by atoms with Crippen molar-refractivity contribution < 1.29 is 17.4 Å². The van der Waals surface area contributed by atoms with Crippen LogP contribution in [0.25, 0.3) is 0 Å². The third-order valence-corrected chi connectivity index (χ3v) is 15.0. The van der Waals surface area contributed by atoms with E-state index in [1.54, 1.807) is 5.20 Å². The van der Waals surface area contributed by atoms with Gasteiger partial charge in [-0.25, -0.2) is 11.3 Å². The van der Waals surface area contributed by atoms with Crippen molar-refractivity contribution in [3.63, 3.8) is 0 Å². The van der Waals surface area contributed by atoms with Crippen LogP contribution >= 0.6 is 32.3 Å². The molecule has 123 valence electrons. The van der Waals surface area contributed by atoms with Gasteiger partial charge in [-0.1, -0.05) is 26.9 Å². The standard InChI is InChI=1S/C11H20PSi.4CH3.2ClH.Cr/c1-5-12(6-2)13(3,4)11-9-7-8-10-11;;;;;;;/h7,9H,5-6,8H2,1-4H3;4*1H3;2*1H;/q5*-1;;;+5. The van der Waals surface area contributed by atoms with E-state index < -0.39 is 7.74 Å². The average molecular weight is 396 g/mol. The van der Waals surface area contributed by atoms with Gasteiger partial charge in [-0.05, 0) is 12.3 Å². The SMILES string of the molecule is CCP(CC)[Si](C)(C)C1=[C-]CC=C1.Cl.Cl.[CH3-].[CH3-].[CH3-].[CH3-].[Cr+5]. The fourth-order valence-electron chi connectivity index (χ4n) is 2.01. The summed E-state index contributed by atoms with van der Waals surface area (Å²) in [5, 5.41) is 1.59. The minimum Gasteiger partial charge on any atom is -0.358 e. The Morgan fingerprint density at radius 3 is 1.70 bits per heavy atom. The van der Waals surface area contributed by atoms with E-state index in [0.29, 0.717) is 0 Å². The molecule has 0 atom stereocenters. The van der Waals surface area contributed by atoms with Crippen molar-refractivity contribution in [3.8, 4) is 0 Å². The van der Waals surface area contributed by atoms with Gasteiger partial charge in [0.2, 0.25) is 0 Å². The van der Waals surface area contributed by atoms with E-state index in [0.717, 1.165) is 6.42 Å². The molecule has 0 spiro atoms. The maximum Gasteiger partial charge on any atom is 5.00 e. The molecule has 0 N–H and O–H groups in total. The predicted octanol–water partition coefficient (Wildman–Crippen LogP) is 6.58. The predicted molar refractivity (Wildman–Crippen MR) is 106 cm³/mol. The Morgan fingerprint density at radius 1 is 1.05 bits per heavy atom. The van der Waals surface area contributed by atoms with E-state index in [1.165, 1.54) is 12.3 Å². The Balaban J connectivity index is -0.0000000483. The molecule has 1 rings (SSSR count). The van der Waals surface area contributed by atoms with E-state index >= 15 is 0 Å². The Morgan fingerprint density at radius 2 is 1.45 bits per heavy atom. The molecule has 5 heteroatoms. The number of allylic oxidation sites excluding steroid dienone is 4. The minimum atomic E-state index is -1.12. The van der Waals surface area contributed by atoms with Gasteiger partial charge >= 0.3 is 17.4 Å². The second-order valence-electron chi connectivity index (χ2n) is 3.93. The van der Waals surface area contributed by atoms with Crippen LogP contribution in [-0.2, 0) is 17.4 Å². The summed E-state index contributed by atoms with van der Waals surface area (Å²) in [5.74, 6) is 0. The van der Waals surface area contributed by atoms with E-state index in [9.17, 15) is 0 Å². The first kappa shape index (κ1) is 42.9. The van der Waals surface area contributed by atoms with Gasteiger partial charge in [0.1, 0.15) is 0 Å². The smallest absolute Gasteiger partial charge is 0.358 e. The van der Waals surface area contributed by atoms with Crippen LogP contribution in [0.4, 0.5) is 0 Å². The van der Waals surface area contributed by atoms with Crippen LogP contribution in [0, 0.1) is 35.8 Å². The maximum atomic E-state index is 3.53. The Kier molecular flexibility index (Phi) is 43.4. The van der Waals surface area contributed by atoms with Crippen LogP contribution in [0.5, 0.6) is 0 Å². The van der Waals surface area contributed by atoms with Crippen molar-refractivity contribution in [1.82, 2.24) is 0 Å². The van der Waals surface area contributed by atoms with Gasteiger partial charge < -0.3 is 29.7 Å². The first-order valence-electron chi connectivity index (χ1n) is 5.15. The molecule has 0 heterocycles. The van der Waals surface area contributed by atoms with Crippen molar-refractivity contribution in [2.24, 2.45) is 0 Å². The first-order chi connectivity index (χ1) is 6.12. The van der Waals surface area contributed by atoms with Crippen molar-refractivity contribution in [3.05, 3.63) is 53.1 Å². The summed E-state index contributed by atoms with van der Waals surface area (Å²) < 4.78 is 0. The molecule has 0 nitrogen and oxygen atoms in total. The summed E-state index contributed by atoms with van der Waals surface area (Å²) in [4.78, 5) is 0. The third-order valence-electron chi connectivity index (χ3n) is 2.91. The van der Waals surface area contributed by atoms with Gasteiger partial charge in [0.15, 0.2) is 0 Å². The monoisotopic (exact) mass is 395 g/mol. The quantitative estimate of drug-likeness (QED) is 0.286. The maximum absolute atomic E-state index is 3.53. The topological polar surface area (TPSA) is 0 Å². The number of hydrogen-bond donors (Lipinski definition) is 0. The molecule has 1 aliphatic carbocycles. The Hall–Kier alpha value is 1.24. The fraction of sp³-hybridized carbons (Fsp3) is 0.467. The van der Waals surface area contributed by atoms with Gasteiger partial charge in [-0.2, -0.15) is 6.08 Å². The van der Waals surface area contributed by atoms with Crippen LogP contribution in [-0.4, -0.2) is 20.1 Å². The molecule has 0 fully saturated rings. The van der Waals surface area contributed by atoms with Crippen molar-refractivity contribution >= 4 is 40.0 Å². The van der Waals surface area contributed by atoms with Crippen LogP contribution in [0.1, 0.15) is 20.3 Å². The van der Waals surface area contributed by atoms with E-state index in [-0.39, 0.29) is 79.4 Å². The molecule has 0 aromatic heterocycles. The molecule has 0 amide bonds. The van der Waals surface area contributed by atoms with E-state index in [4.69, 9.17) is 0 Å². The summed E-state index contributed by atoms with van der Waals surface area (Å²) in [6.07, 6.45) is 12.0. The van der Waals surface area contributed by atoms with Gasteiger partial charge in [-0.15, -0.1) is 38.7 Å². The number of hydrogen-bond acceptors (Lipinski definition) is 0. The second kappa shape index (κ2) is 20.2. The summed E-state index contributed by atoms with van der Waals surface area (Å²) in [6, 6.07) is 0. The fourth-order valence-corrected chi connectivity index (χ4v) is 11.7. The molecule has 0 unspecified atom stereocenters. The Bertz CT molecular complexity index is 240. The van der Waals surface area contributed by atoms with Gasteiger partial charge in [-0.3, -0.25) is 6.08 Å². The van der Waals surface area contributed by atoms with Crippen LogP contribution in [0.3, 0.4) is 0 Å². The van der Waals surface area contributed by atoms with Crippen LogP contribution in [0.15, 0.2) is 17.3 Å². The van der Waals surface area contributed by atoms with Gasteiger partial charge in [0.05, 0.1) is 7.74 Å². The van der Waals surface area contributed by atoms with Crippen molar-refractivity contribution in [1.29, 1.82) is 0 Å². The van der Waals surface area contributed by atoms with Crippen LogP contribution < -0.4 is 0 Å². The minimum absolute atomic E-state index is 0. The number of rotatable bonds is 4. The molecule has 0 saturated heterocycles. The first-order valence-corrected chi connectivity index (χ1v) is 10.7.